The number of methoxy groups -OCH3 is 1. The van der Waals surface area contributed by atoms with E-state index in [9.17, 15) is 9.59 Å². The normalized spacial score (nSPS) is 27.1. The molecule has 15 heavy (non-hydrogen) atoms. The highest BCUT2D eigenvalue weighted by molar-refractivity contribution is 7.81. The molecule has 1 fully saturated rings. The molecule has 0 heterocycles. The number of Topliss-reactive ketones (excluding diaryl/α,β-unsaturated/α-hetero) is 1. The predicted octanol–water partition coefficient (Wildman–Crippen LogP) is 1.40. The summed E-state index contributed by atoms with van der Waals surface area (Å²) in [7, 11) is 1.34. The molecule has 0 aromatic carbocycles. The summed E-state index contributed by atoms with van der Waals surface area (Å²) in [6.45, 7) is 1.78. The molecule has 3 atom stereocenters. The number of rotatable bonds is 3. The second kappa shape index (κ2) is 5.39. The van der Waals surface area contributed by atoms with E-state index in [2.05, 4.69) is 22.7 Å². The van der Waals surface area contributed by atoms with Crippen molar-refractivity contribution in [2.75, 3.05) is 7.11 Å². The molecule has 1 rings (SSSR count). The maximum atomic E-state index is 11.6. The third kappa shape index (κ3) is 3.41. The summed E-state index contributed by atoms with van der Waals surface area (Å²) in [5, 5.41) is 2.50. The maximum Gasteiger partial charge on any atom is 0.407 e. The van der Waals surface area contributed by atoms with Crippen molar-refractivity contribution < 1.29 is 14.3 Å². The van der Waals surface area contributed by atoms with Crippen LogP contribution in [0.15, 0.2) is 0 Å². The summed E-state index contributed by atoms with van der Waals surface area (Å²) in [6.07, 6.45) is 1.95. The van der Waals surface area contributed by atoms with Crippen molar-refractivity contribution in [3.63, 3.8) is 0 Å². The van der Waals surface area contributed by atoms with Crippen LogP contribution in [-0.4, -0.2) is 30.3 Å². The molecule has 1 saturated carbocycles. The van der Waals surface area contributed by atoms with E-state index in [-0.39, 0.29) is 23.0 Å². The van der Waals surface area contributed by atoms with Gasteiger partial charge >= 0.3 is 6.09 Å². The van der Waals surface area contributed by atoms with Crippen molar-refractivity contribution in [3.05, 3.63) is 0 Å². The first-order valence-electron chi connectivity index (χ1n) is 5.11. The van der Waals surface area contributed by atoms with Crippen molar-refractivity contribution >= 4 is 24.5 Å². The molecule has 86 valence electrons. The molecule has 0 aromatic heterocycles. The Morgan fingerprint density at radius 3 is 2.67 bits per heavy atom. The standard InChI is InChI=1S/C10H17NO3S/c1-6(15)9(12)7-3-4-8(5-7)11-10(13)14-2/h6-8,15H,3-5H2,1-2H3,(H,11,13)/t6-,7+,8-/m0/s1. The van der Waals surface area contributed by atoms with Crippen LogP contribution in [0.3, 0.4) is 0 Å². The van der Waals surface area contributed by atoms with E-state index in [0.717, 1.165) is 12.8 Å². The van der Waals surface area contributed by atoms with Crippen LogP contribution in [0.1, 0.15) is 26.2 Å². The van der Waals surface area contributed by atoms with Crippen molar-refractivity contribution in [2.45, 2.75) is 37.5 Å². The van der Waals surface area contributed by atoms with E-state index in [4.69, 9.17) is 0 Å². The Balaban J connectivity index is 2.39. The summed E-state index contributed by atoms with van der Waals surface area (Å²) in [5.74, 6) is 0.215. The SMILES string of the molecule is COC(=O)N[C@H]1CC[C@@H](C(=O)[C@H](C)S)C1. The van der Waals surface area contributed by atoms with Gasteiger partial charge in [0.2, 0.25) is 0 Å². The smallest absolute Gasteiger partial charge is 0.407 e. The Morgan fingerprint density at radius 2 is 2.13 bits per heavy atom. The van der Waals surface area contributed by atoms with Crippen LogP contribution in [0, 0.1) is 5.92 Å². The first-order valence-corrected chi connectivity index (χ1v) is 5.62. The minimum absolute atomic E-state index is 0.0413. The molecular weight excluding hydrogens is 214 g/mol. The Labute approximate surface area is 95.2 Å². The van der Waals surface area contributed by atoms with E-state index in [1.807, 2.05) is 0 Å². The van der Waals surface area contributed by atoms with Crippen LogP contribution < -0.4 is 5.32 Å². The van der Waals surface area contributed by atoms with Gasteiger partial charge in [0.25, 0.3) is 0 Å². The molecule has 1 aliphatic carbocycles. The van der Waals surface area contributed by atoms with Gasteiger partial charge in [-0.05, 0) is 26.2 Å². The second-order valence-corrected chi connectivity index (χ2v) is 4.70. The summed E-state index contributed by atoms with van der Waals surface area (Å²) in [5.41, 5.74) is 0. The average Bonchev–Trinajstić information content (AvgIpc) is 2.64. The second-order valence-electron chi connectivity index (χ2n) is 3.92. The lowest BCUT2D eigenvalue weighted by Crippen LogP contribution is -2.33. The van der Waals surface area contributed by atoms with Gasteiger partial charge in [0.05, 0.1) is 12.4 Å². The monoisotopic (exact) mass is 231 g/mol. The van der Waals surface area contributed by atoms with Gasteiger partial charge in [0.1, 0.15) is 5.78 Å². The van der Waals surface area contributed by atoms with Crippen LogP contribution in [-0.2, 0) is 9.53 Å². The molecule has 1 aliphatic rings. The molecular formula is C10H17NO3S. The fourth-order valence-corrected chi connectivity index (χ4v) is 2.15. The van der Waals surface area contributed by atoms with Crippen LogP contribution in [0.25, 0.3) is 0 Å². The molecule has 5 heteroatoms. The van der Waals surface area contributed by atoms with E-state index in [1.165, 1.54) is 7.11 Å². The van der Waals surface area contributed by atoms with E-state index < -0.39 is 6.09 Å². The molecule has 0 unspecified atom stereocenters. The number of nitrogens with one attached hydrogen (secondary N) is 1. The third-order valence-electron chi connectivity index (χ3n) is 2.75. The fraction of sp³-hybridized carbons (Fsp3) is 0.800. The number of hydrogen-bond donors (Lipinski definition) is 2. The molecule has 1 amide bonds. The highest BCUT2D eigenvalue weighted by Crippen LogP contribution is 2.28. The van der Waals surface area contributed by atoms with Gasteiger partial charge in [-0.15, -0.1) is 0 Å². The number of carbonyl (C=O) groups is 2. The minimum Gasteiger partial charge on any atom is -0.453 e. The zero-order chi connectivity index (χ0) is 11.4. The lowest BCUT2D eigenvalue weighted by Gasteiger charge is -2.12. The molecule has 0 aliphatic heterocycles. The van der Waals surface area contributed by atoms with Gasteiger partial charge in [-0.25, -0.2) is 4.79 Å². The lowest BCUT2D eigenvalue weighted by molar-refractivity contribution is -0.121. The predicted molar refractivity (Wildman–Crippen MR) is 60.1 cm³/mol. The molecule has 0 spiro atoms. The van der Waals surface area contributed by atoms with E-state index >= 15 is 0 Å². The van der Waals surface area contributed by atoms with Gasteiger partial charge in [0.15, 0.2) is 0 Å². The number of ether oxygens (including phenoxy) is 1. The first kappa shape index (κ1) is 12.4. The van der Waals surface area contributed by atoms with Crippen molar-refractivity contribution in [3.8, 4) is 0 Å². The zero-order valence-corrected chi connectivity index (χ0v) is 9.92. The number of amides is 1. The quantitative estimate of drug-likeness (QED) is 0.722. The van der Waals surface area contributed by atoms with Gasteiger partial charge in [-0.2, -0.15) is 12.6 Å². The topological polar surface area (TPSA) is 55.4 Å². The molecule has 4 nitrogen and oxygen atoms in total. The Bertz CT molecular complexity index is 255. The molecule has 0 saturated heterocycles. The van der Waals surface area contributed by atoms with Gasteiger partial charge in [0, 0.05) is 12.0 Å². The molecule has 0 bridgehead atoms. The summed E-state index contributed by atoms with van der Waals surface area (Å²) < 4.78 is 4.51. The summed E-state index contributed by atoms with van der Waals surface area (Å²) in [6, 6.07) is 0.0680. The number of alkyl carbamates (subject to hydrolysis) is 1. The first-order chi connectivity index (χ1) is 7.04. The van der Waals surface area contributed by atoms with Crippen LogP contribution >= 0.6 is 12.6 Å². The maximum absolute atomic E-state index is 11.6. The van der Waals surface area contributed by atoms with Crippen LogP contribution in [0.4, 0.5) is 4.79 Å². The van der Waals surface area contributed by atoms with E-state index in [1.54, 1.807) is 6.92 Å². The number of carbonyl (C=O) groups excluding carboxylic acids is 2. The van der Waals surface area contributed by atoms with Crippen LogP contribution in [0.5, 0.6) is 0 Å². The zero-order valence-electron chi connectivity index (χ0n) is 9.03. The highest BCUT2D eigenvalue weighted by Gasteiger charge is 2.31. The molecule has 0 radical (unpaired) electrons. The van der Waals surface area contributed by atoms with Gasteiger partial charge in [-0.3, -0.25) is 4.79 Å². The third-order valence-corrected chi connectivity index (χ3v) is 3.01. The Kier molecular flexibility index (Phi) is 4.45. The Morgan fingerprint density at radius 1 is 1.47 bits per heavy atom. The summed E-state index contributed by atoms with van der Waals surface area (Å²) in [4.78, 5) is 22.6. The Hall–Kier alpha value is -0.710. The largest absolute Gasteiger partial charge is 0.453 e. The fourth-order valence-electron chi connectivity index (χ4n) is 1.94. The van der Waals surface area contributed by atoms with E-state index in [0.29, 0.717) is 6.42 Å². The average molecular weight is 231 g/mol. The molecule has 1 N–H and O–H groups in total. The number of hydrogen-bond acceptors (Lipinski definition) is 4. The van der Waals surface area contributed by atoms with Crippen molar-refractivity contribution in [2.24, 2.45) is 5.92 Å². The van der Waals surface area contributed by atoms with Gasteiger partial charge in [-0.1, -0.05) is 0 Å². The minimum atomic E-state index is -0.424. The lowest BCUT2D eigenvalue weighted by atomic mass is 10.0. The van der Waals surface area contributed by atoms with Crippen molar-refractivity contribution in [1.82, 2.24) is 5.32 Å². The number of ketones is 1. The molecule has 0 aromatic rings. The number of thiol groups is 1. The van der Waals surface area contributed by atoms with Gasteiger partial charge < -0.3 is 10.1 Å². The summed E-state index contributed by atoms with van der Waals surface area (Å²) >= 11 is 4.12. The van der Waals surface area contributed by atoms with Crippen molar-refractivity contribution in [1.29, 1.82) is 0 Å². The van der Waals surface area contributed by atoms with Crippen LogP contribution in [0.2, 0.25) is 0 Å². The highest BCUT2D eigenvalue weighted by atomic mass is 32.1.